The molecule has 35 heavy (non-hydrogen) atoms. The monoisotopic (exact) mass is 498 g/mol. The number of benzene rings is 2. The Morgan fingerprint density at radius 2 is 1.37 bits per heavy atom. The van der Waals surface area contributed by atoms with Crippen LogP contribution in [-0.2, 0) is 14.4 Å². The highest BCUT2D eigenvalue weighted by atomic mass is 35.5. The van der Waals surface area contributed by atoms with Crippen molar-refractivity contribution in [2.45, 2.75) is 27.7 Å². The molecule has 1 heterocycles. The maximum Gasteiger partial charge on any atom is 0.308 e. The number of fused-ring (bicyclic) bond motifs is 3. The van der Waals surface area contributed by atoms with Gasteiger partial charge >= 0.3 is 17.9 Å². The molecule has 0 aliphatic heterocycles. The molecule has 0 amide bonds. The first-order valence-corrected chi connectivity index (χ1v) is 10.4. The van der Waals surface area contributed by atoms with Gasteiger partial charge in [0.25, 0.3) is 0 Å². The molecule has 1 aliphatic rings. The fourth-order valence-electron chi connectivity index (χ4n) is 3.83. The van der Waals surface area contributed by atoms with Crippen molar-refractivity contribution in [1.82, 2.24) is 0 Å². The minimum Gasteiger partial charge on any atom is -0.461 e. The van der Waals surface area contributed by atoms with Gasteiger partial charge in [-0.05, 0) is 13.0 Å². The van der Waals surface area contributed by atoms with Crippen molar-refractivity contribution in [2.75, 3.05) is 0 Å². The van der Waals surface area contributed by atoms with Crippen LogP contribution < -0.4 is 19.6 Å². The molecule has 2 aromatic carbocycles. The third kappa shape index (κ3) is 3.97. The molecule has 0 spiro atoms. The minimum atomic E-state index is -0.916. The van der Waals surface area contributed by atoms with Crippen LogP contribution in [0.15, 0.2) is 27.4 Å². The molecule has 0 saturated heterocycles. The average molecular weight is 499 g/mol. The zero-order valence-electron chi connectivity index (χ0n) is 18.7. The Balaban J connectivity index is 2.15. The molecule has 0 atom stereocenters. The van der Waals surface area contributed by atoms with Crippen LogP contribution in [0.3, 0.4) is 0 Å². The van der Waals surface area contributed by atoms with Gasteiger partial charge in [-0.1, -0.05) is 11.6 Å². The van der Waals surface area contributed by atoms with Crippen molar-refractivity contribution in [3.8, 4) is 17.2 Å². The van der Waals surface area contributed by atoms with Gasteiger partial charge in [-0.2, -0.15) is 0 Å². The maximum absolute atomic E-state index is 13.7. The summed E-state index contributed by atoms with van der Waals surface area (Å²) in [5.41, 5.74) is -2.24. The predicted octanol–water partition coefficient (Wildman–Crippen LogP) is 3.31. The fourth-order valence-corrected chi connectivity index (χ4v) is 4.11. The summed E-state index contributed by atoms with van der Waals surface area (Å²) < 4.78 is 20.9. The van der Waals surface area contributed by atoms with Gasteiger partial charge in [-0.3, -0.25) is 28.8 Å². The largest absolute Gasteiger partial charge is 0.461 e. The highest BCUT2D eigenvalue weighted by Crippen LogP contribution is 2.46. The van der Waals surface area contributed by atoms with Crippen LogP contribution in [0.2, 0.25) is 5.02 Å². The normalized spacial score (nSPS) is 12.1. The van der Waals surface area contributed by atoms with Crippen molar-refractivity contribution in [3.05, 3.63) is 61.5 Å². The highest BCUT2D eigenvalue weighted by molar-refractivity contribution is 6.41. The van der Waals surface area contributed by atoms with Gasteiger partial charge in [-0.25, -0.2) is 0 Å². The van der Waals surface area contributed by atoms with Crippen molar-refractivity contribution >= 4 is 52.0 Å². The summed E-state index contributed by atoms with van der Waals surface area (Å²) >= 11 is 6.35. The molecular weight excluding hydrogens is 484 g/mol. The first-order chi connectivity index (χ1) is 16.4. The summed E-state index contributed by atoms with van der Waals surface area (Å²) in [5, 5.41) is -0.610. The average Bonchev–Trinajstić information content (AvgIpc) is 2.72. The maximum atomic E-state index is 13.7. The van der Waals surface area contributed by atoms with E-state index in [-0.39, 0.29) is 33.1 Å². The molecule has 4 rings (SSSR count). The minimum absolute atomic E-state index is 0.109. The molecule has 3 aromatic rings. The van der Waals surface area contributed by atoms with Crippen LogP contribution in [0.1, 0.15) is 58.4 Å². The summed E-state index contributed by atoms with van der Waals surface area (Å²) in [5.74, 6) is -5.25. The van der Waals surface area contributed by atoms with E-state index in [1.807, 2.05) is 0 Å². The van der Waals surface area contributed by atoms with Gasteiger partial charge in [0.1, 0.15) is 22.5 Å². The van der Waals surface area contributed by atoms with Gasteiger partial charge in [0, 0.05) is 38.5 Å². The zero-order valence-corrected chi connectivity index (χ0v) is 19.4. The molecule has 178 valence electrons. The van der Waals surface area contributed by atoms with Crippen molar-refractivity contribution in [2.24, 2.45) is 0 Å². The third-order valence-corrected chi connectivity index (χ3v) is 5.35. The molecule has 0 unspecified atom stereocenters. The van der Waals surface area contributed by atoms with Crippen molar-refractivity contribution in [3.63, 3.8) is 0 Å². The Hall–Kier alpha value is -4.31. The van der Waals surface area contributed by atoms with Crippen LogP contribution in [0.25, 0.3) is 11.0 Å². The molecular formula is C24H15ClO10. The second kappa shape index (κ2) is 8.48. The smallest absolute Gasteiger partial charge is 0.308 e. The Kier molecular flexibility index (Phi) is 5.77. The van der Waals surface area contributed by atoms with E-state index in [0.29, 0.717) is 0 Å². The summed E-state index contributed by atoms with van der Waals surface area (Å²) in [6.07, 6.45) is 0. The summed E-state index contributed by atoms with van der Waals surface area (Å²) in [6.45, 7) is 4.70. The molecule has 1 aliphatic carbocycles. The number of carbonyl (C=O) groups excluding carboxylic acids is 5. The number of ketones is 2. The standard InChI is InChI=1S/C24H15ClO10/c1-8-5-13(29)18-14(32-8)6-12-17(24(18)35-11(4)28)23(31)19-15(33-9(2)26)7-16(34-10(3)27)21(25)20(19)22(12)30/h5-7H,1-4H3. The van der Waals surface area contributed by atoms with Crippen LogP contribution >= 0.6 is 11.6 Å². The SMILES string of the molecule is CC(=O)Oc1cc(OC(C)=O)c2c(c1Cl)C(=O)c1cc3oc(C)cc(=O)c3c(OC(C)=O)c1C2=O. The molecule has 0 saturated carbocycles. The second-order valence-corrected chi connectivity index (χ2v) is 7.98. The summed E-state index contributed by atoms with van der Waals surface area (Å²) in [7, 11) is 0. The lowest BCUT2D eigenvalue weighted by atomic mass is 9.82. The lowest BCUT2D eigenvalue weighted by Crippen LogP contribution is -2.25. The molecule has 0 N–H and O–H groups in total. The molecule has 0 fully saturated rings. The quantitative estimate of drug-likeness (QED) is 0.305. The first-order valence-electron chi connectivity index (χ1n) is 10.0. The van der Waals surface area contributed by atoms with E-state index in [4.69, 9.17) is 30.2 Å². The summed E-state index contributed by atoms with van der Waals surface area (Å²) in [4.78, 5) is 75.3. The van der Waals surface area contributed by atoms with Gasteiger partial charge in [-0.15, -0.1) is 0 Å². The predicted molar refractivity (Wildman–Crippen MR) is 119 cm³/mol. The number of ether oxygens (including phenoxy) is 3. The van der Waals surface area contributed by atoms with Crippen LogP contribution in [-0.4, -0.2) is 29.5 Å². The van der Waals surface area contributed by atoms with E-state index in [2.05, 4.69) is 0 Å². The van der Waals surface area contributed by atoms with Gasteiger partial charge in [0.2, 0.25) is 5.78 Å². The molecule has 1 aromatic heterocycles. The van der Waals surface area contributed by atoms with Crippen molar-refractivity contribution < 1.29 is 42.6 Å². The van der Waals surface area contributed by atoms with E-state index in [1.54, 1.807) is 0 Å². The van der Waals surface area contributed by atoms with E-state index in [1.165, 1.54) is 6.92 Å². The number of hydrogen-bond acceptors (Lipinski definition) is 10. The fraction of sp³-hybridized carbons (Fsp3) is 0.167. The van der Waals surface area contributed by atoms with Gasteiger partial charge < -0.3 is 18.6 Å². The van der Waals surface area contributed by atoms with Gasteiger partial charge in [0.05, 0.1) is 21.7 Å². The topological polar surface area (TPSA) is 143 Å². The number of esters is 3. The highest BCUT2D eigenvalue weighted by Gasteiger charge is 2.40. The molecule has 10 nitrogen and oxygen atoms in total. The van der Waals surface area contributed by atoms with E-state index in [0.717, 1.165) is 39.0 Å². The molecule has 0 radical (unpaired) electrons. The summed E-state index contributed by atoms with van der Waals surface area (Å²) in [6, 6.07) is 3.32. The number of halogens is 1. The van der Waals surface area contributed by atoms with E-state index in [9.17, 15) is 28.8 Å². The van der Waals surface area contributed by atoms with Crippen molar-refractivity contribution in [1.29, 1.82) is 0 Å². The Morgan fingerprint density at radius 3 is 1.97 bits per heavy atom. The Labute approximate surface area is 201 Å². The van der Waals surface area contributed by atoms with E-state index >= 15 is 0 Å². The third-order valence-electron chi connectivity index (χ3n) is 4.97. The van der Waals surface area contributed by atoms with Gasteiger partial charge in [0.15, 0.2) is 22.7 Å². The number of rotatable bonds is 3. The Bertz CT molecular complexity index is 1580. The van der Waals surface area contributed by atoms with E-state index < -0.39 is 63.1 Å². The molecule has 0 bridgehead atoms. The number of carbonyl (C=O) groups is 5. The first kappa shape index (κ1) is 23.8. The number of hydrogen-bond donors (Lipinski definition) is 0. The second-order valence-electron chi connectivity index (χ2n) is 7.60. The van der Waals surface area contributed by atoms with Crippen LogP contribution in [0.4, 0.5) is 0 Å². The number of aryl methyl sites for hydroxylation is 1. The van der Waals surface area contributed by atoms with Crippen LogP contribution in [0, 0.1) is 6.92 Å². The zero-order chi connectivity index (χ0) is 25.8. The Morgan fingerprint density at radius 1 is 0.771 bits per heavy atom. The lowest BCUT2D eigenvalue weighted by molar-refractivity contribution is -0.132. The van der Waals surface area contributed by atoms with Crippen LogP contribution in [0.5, 0.6) is 17.2 Å². The molecule has 11 heteroatoms. The lowest BCUT2D eigenvalue weighted by Gasteiger charge is -2.24.